The van der Waals surface area contributed by atoms with Crippen LogP contribution in [0.2, 0.25) is 0 Å². The number of rotatable bonds is 5. The highest BCUT2D eigenvalue weighted by Crippen LogP contribution is 2.44. The molecule has 0 radical (unpaired) electrons. The highest BCUT2D eigenvalue weighted by molar-refractivity contribution is 5.37. The molecular formula is C11H16N2O2. The smallest absolute Gasteiger partial charge is 0.214 e. The number of nitrogens with one attached hydrogen (secondary N) is 1. The first-order chi connectivity index (χ1) is 7.28. The number of aliphatic hydroxyl groups is 1. The summed E-state index contributed by atoms with van der Waals surface area (Å²) in [5.41, 5.74) is 0.102. The van der Waals surface area contributed by atoms with E-state index in [0.717, 1.165) is 25.2 Å². The van der Waals surface area contributed by atoms with Gasteiger partial charge in [0.05, 0.1) is 13.7 Å². The van der Waals surface area contributed by atoms with Crippen molar-refractivity contribution in [2.75, 3.05) is 25.6 Å². The van der Waals surface area contributed by atoms with Crippen molar-refractivity contribution in [3.8, 4) is 5.88 Å². The van der Waals surface area contributed by atoms with Crippen LogP contribution in [0.4, 0.5) is 5.82 Å². The minimum atomic E-state index is 0.102. The summed E-state index contributed by atoms with van der Waals surface area (Å²) >= 11 is 0. The van der Waals surface area contributed by atoms with Gasteiger partial charge < -0.3 is 15.2 Å². The van der Waals surface area contributed by atoms with Crippen LogP contribution in [0.5, 0.6) is 5.88 Å². The molecule has 1 saturated carbocycles. The molecular weight excluding hydrogens is 192 g/mol. The molecule has 1 aliphatic carbocycles. The van der Waals surface area contributed by atoms with E-state index in [1.165, 1.54) is 0 Å². The summed E-state index contributed by atoms with van der Waals surface area (Å²) in [7, 11) is 1.60. The third-order valence-corrected chi connectivity index (χ3v) is 2.87. The minimum Gasteiger partial charge on any atom is -0.481 e. The molecule has 0 aromatic carbocycles. The SMILES string of the molecule is COc1cccc(NCC2(CO)CC2)n1. The average Bonchev–Trinajstić information content (AvgIpc) is 3.07. The molecule has 0 atom stereocenters. The molecule has 4 nitrogen and oxygen atoms in total. The number of aromatic nitrogens is 1. The Morgan fingerprint density at radius 1 is 1.53 bits per heavy atom. The van der Waals surface area contributed by atoms with Gasteiger partial charge >= 0.3 is 0 Å². The number of methoxy groups -OCH3 is 1. The van der Waals surface area contributed by atoms with E-state index in [9.17, 15) is 0 Å². The number of ether oxygens (including phenoxy) is 1. The van der Waals surface area contributed by atoms with Crippen LogP contribution in [0.15, 0.2) is 18.2 Å². The van der Waals surface area contributed by atoms with Gasteiger partial charge in [0.25, 0.3) is 0 Å². The summed E-state index contributed by atoms with van der Waals surface area (Å²) in [5.74, 6) is 1.41. The Bertz CT molecular complexity index is 337. The molecule has 1 fully saturated rings. The summed E-state index contributed by atoms with van der Waals surface area (Å²) in [4.78, 5) is 4.24. The van der Waals surface area contributed by atoms with Crippen LogP contribution in [-0.4, -0.2) is 30.4 Å². The first-order valence-electron chi connectivity index (χ1n) is 5.14. The Balaban J connectivity index is 1.93. The number of hydrogen-bond acceptors (Lipinski definition) is 4. The van der Waals surface area contributed by atoms with Gasteiger partial charge in [-0.05, 0) is 18.9 Å². The molecule has 1 aliphatic rings. The van der Waals surface area contributed by atoms with E-state index < -0.39 is 0 Å². The predicted octanol–water partition coefficient (Wildman–Crippen LogP) is 1.27. The number of anilines is 1. The highest BCUT2D eigenvalue weighted by atomic mass is 16.5. The number of pyridine rings is 1. The lowest BCUT2D eigenvalue weighted by molar-refractivity contribution is 0.219. The van der Waals surface area contributed by atoms with E-state index in [1.54, 1.807) is 7.11 Å². The van der Waals surface area contributed by atoms with Gasteiger partial charge in [0.2, 0.25) is 5.88 Å². The largest absolute Gasteiger partial charge is 0.481 e. The van der Waals surface area contributed by atoms with Gasteiger partial charge in [-0.1, -0.05) is 6.07 Å². The lowest BCUT2D eigenvalue weighted by atomic mass is 10.1. The maximum Gasteiger partial charge on any atom is 0.214 e. The Morgan fingerprint density at radius 3 is 2.93 bits per heavy atom. The lowest BCUT2D eigenvalue weighted by Gasteiger charge is -2.13. The number of hydrogen-bond donors (Lipinski definition) is 2. The molecule has 1 heterocycles. The average molecular weight is 208 g/mol. The van der Waals surface area contributed by atoms with E-state index in [1.807, 2.05) is 18.2 Å². The van der Waals surface area contributed by atoms with E-state index in [0.29, 0.717) is 5.88 Å². The zero-order valence-corrected chi connectivity index (χ0v) is 8.86. The third kappa shape index (κ3) is 2.39. The molecule has 15 heavy (non-hydrogen) atoms. The molecule has 4 heteroatoms. The topological polar surface area (TPSA) is 54.4 Å². The molecule has 1 aromatic heterocycles. The van der Waals surface area contributed by atoms with Crippen molar-refractivity contribution in [3.63, 3.8) is 0 Å². The fourth-order valence-electron chi connectivity index (χ4n) is 1.47. The molecule has 2 N–H and O–H groups in total. The summed E-state index contributed by atoms with van der Waals surface area (Å²) in [6, 6.07) is 5.60. The van der Waals surface area contributed by atoms with E-state index in [4.69, 9.17) is 9.84 Å². The van der Waals surface area contributed by atoms with Crippen LogP contribution in [0, 0.1) is 5.41 Å². The molecule has 0 bridgehead atoms. The second-order valence-corrected chi connectivity index (χ2v) is 4.08. The van der Waals surface area contributed by atoms with Crippen molar-refractivity contribution in [1.82, 2.24) is 4.98 Å². The maximum absolute atomic E-state index is 9.15. The van der Waals surface area contributed by atoms with Crippen molar-refractivity contribution in [1.29, 1.82) is 0 Å². The Hall–Kier alpha value is -1.29. The third-order valence-electron chi connectivity index (χ3n) is 2.87. The summed E-state index contributed by atoms with van der Waals surface area (Å²) in [6.45, 7) is 1.04. The lowest BCUT2D eigenvalue weighted by Crippen LogP contribution is -2.19. The van der Waals surface area contributed by atoms with Crippen molar-refractivity contribution >= 4 is 5.82 Å². The molecule has 0 amide bonds. The Morgan fingerprint density at radius 2 is 2.33 bits per heavy atom. The van der Waals surface area contributed by atoms with Crippen molar-refractivity contribution in [3.05, 3.63) is 18.2 Å². The number of nitrogens with zero attached hydrogens (tertiary/aromatic N) is 1. The zero-order chi connectivity index (χ0) is 10.7. The molecule has 0 unspecified atom stereocenters. The van der Waals surface area contributed by atoms with Crippen LogP contribution < -0.4 is 10.1 Å². The van der Waals surface area contributed by atoms with E-state index in [2.05, 4.69) is 10.3 Å². The normalized spacial score (nSPS) is 17.2. The van der Waals surface area contributed by atoms with Gasteiger partial charge in [0.15, 0.2) is 0 Å². The fourth-order valence-corrected chi connectivity index (χ4v) is 1.47. The van der Waals surface area contributed by atoms with Crippen molar-refractivity contribution < 1.29 is 9.84 Å². The first-order valence-corrected chi connectivity index (χ1v) is 5.14. The highest BCUT2D eigenvalue weighted by Gasteiger charge is 2.41. The van der Waals surface area contributed by atoms with Crippen LogP contribution in [0.25, 0.3) is 0 Å². The Kier molecular flexibility index (Phi) is 2.77. The second-order valence-electron chi connectivity index (χ2n) is 4.08. The predicted molar refractivity (Wildman–Crippen MR) is 58.0 cm³/mol. The van der Waals surface area contributed by atoms with Crippen LogP contribution in [-0.2, 0) is 0 Å². The van der Waals surface area contributed by atoms with Crippen LogP contribution >= 0.6 is 0 Å². The maximum atomic E-state index is 9.15. The quantitative estimate of drug-likeness (QED) is 0.765. The summed E-state index contributed by atoms with van der Waals surface area (Å²) in [5, 5.41) is 12.4. The van der Waals surface area contributed by atoms with Crippen LogP contribution in [0.3, 0.4) is 0 Å². The molecule has 0 aliphatic heterocycles. The molecule has 82 valence electrons. The van der Waals surface area contributed by atoms with E-state index >= 15 is 0 Å². The fraction of sp³-hybridized carbons (Fsp3) is 0.545. The zero-order valence-electron chi connectivity index (χ0n) is 8.86. The van der Waals surface area contributed by atoms with Gasteiger partial charge in [-0.25, -0.2) is 0 Å². The van der Waals surface area contributed by atoms with Gasteiger partial charge in [0.1, 0.15) is 5.82 Å². The van der Waals surface area contributed by atoms with Crippen molar-refractivity contribution in [2.45, 2.75) is 12.8 Å². The molecule has 2 rings (SSSR count). The monoisotopic (exact) mass is 208 g/mol. The molecule has 0 spiro atoms. The standard InChI is InChI=1S/C11H16N2O2/c1-15-10-4-2-3-9(13-10)12-7-11(8-14)5-6-11/h2-4,14H,5-8H2,1H3,(H,12,13). The van der Waals surface area contributed by atoms with Crippen molar-refractivity contribution in [2.24, 2.45) is 5.41 Å². The van der Waals surface area contributed by atoms with Gasteiger partial charge in [-0.15, -0.1) is 0 Å². The van der Waals surface area contributed by atoms with Gasteiger partial charge in [0, 0.05) is 18.0 Å². The van der Waals surface area contributed by atoms with E-state index in [-0.39, 0.29) is 12.0 Å². The van der Waals surface area contributed by atoms with Gasteiger partial charge in [-0.3, -0.25) is 0 Å². The summed E-state index contributed by atoms with van der Waals surface area (Å²) < 4.78 is 5.03. The minimum absolute atomic E-state index is 0.102. The first kappa shape index (κ1) is 10.2. The molecule has 1 aromatic rings. The second kappa shape index (κ2) is 4.06. The van der Waals surface area contributed by atoms with Crippen LogP contribution in [0.1, 0.15) is 12.8 Å². The van der Waals surface area contributed by atoms with Gasteiger partial charge in [-0.2, -0.15) is 4.98 Å². The Labute approximate surface area is 89.3 Å². The number of aliphatic hydroxyl groups excluding tert-OH is 1. The summed E-state index contributed by atoms with van der Waals surface area (Å²) in [6.07, 6.45) is 2.20. The molecule has 0 saturated heterocycles.